The van der Waals surface area contributed by atoms with Gasteiger partial charge in [-0.1, -0.05) is 42.8 Å². The van der Waals surface area contributed by atoms with Crippen LogP contribution in [0.15, 0.2) is 47.8 Å². The Kier molecular flexibility index (Phi) is 6.09. The van der Waals surface area contributed by atoms with Gasteiger partial charge in [0, 0.05) is 28.2 Å². The van der Waals surface area contributed by atoms with Crippen molar-refractivity contribution < 1.29 is 14.3 Å². The van der Waals surface area contributed by atoms with Crippen molar-refractivity contribution >= 4 is 22.9 Å². The Bertz CT molecular complexity index is 1040. The van der Waals surface area contributed by atoms with Crippen LogP contribution in [-0.4, -0.2) is 19.1 Å². The maximum atomic E-state index is 12.6. The summed E-state index contributed by atoms with van der Waals surface area (Å²) >= 11 is 1.71. The van der Waals surface area contributed by atoms with Crippen molar-refractivity contribution in [3.8, 4) is 22.6 Å². The molecule has 1 atom stereocenters. The van der Waals surface area contributed by atoms with Crippen molar-refractivity contribution in [1.29, 1.82) is 0 Å². The largest absolute Gasteiger partial charge is 0.490 e. The minimum Gasteiger partial charge on any atom is -0.490 e. The molecule has 0 saturated heterocycles. The summed E-state index contributed by atoms with van der Waals surface area (Å²) in [6.07, 6.45) is 1.37. The highest BCUT2D eigenvalue weighted by atomic mass is 32.1. The lowest BCUT2D eigenvalue weighted by molar-refractivity contribution is -0.116. The summed E-state index contributed by atoms with van der Waals surface area (Å²) in [6.45, 7) is 7.35. The second kappa shape index (κ2) is 8.92. The minimum absolute atomic E-state index is 0.0115. The van der Waals surface area contributed by atoms with Gasteiger partial charge >= 0.3 is 0 Å². The predicted octanol–water partition coefficient (Wildman–Crippen LogP) is 6.39. The molecule has 3 aromatic rings. The number of fused-ring (bicyclic) bond motifs is 1. The normalized spacial score (nSPS) is 15.4. The first kappa shape index (κ1) is 20.5. The quantitative estimate of drug-likeness (QED) is 0.481. The number of hydrogen-bond donors (Lipinski definition) is 1. The zero-order valence-electron chi connectivity index (χ0n) is 17.7. The van der Waals surface area contributed by atoms with Crippen LogP contribution in [0.5, 0.6) is 11.5 Å². The van der Waals surface area contributed by atoms with Crippen LogP contribution < -0.4 is 14.8 Å². The molecule has 4 rings (SSSR count). The van der Waals surface area contributed by atoms with E-state index in [1.54, 1.807) is 11.3 Å². The number of anilines is 1. The molecule has 0 unspecified atom stereocenters. The van der Waals surface area contributed by atoms with Gasteiger partial charge in [0.05, 0.1) is 18.9 Å². The van der Waals surface area contributed by atoms with Crippen LogP contribution in [0.3, 0.4) is 0 Å². The van der Waals surface area contributed by atoms with Crippen LogP contribution in [-0.2, 0) is 4.79 Å². The topological polar surface area (TPSA) is 47.6 Å². The fourth-order valence-electron chi connectivity index (χ4n) is 3.78. The fraction of sp³-hybridized carbons (Fsp3) is 0.320. The lowest BCUT2D eigenvalue weighted by atomic mass is 9.89. The van der Waals surface area contributed by atoms with E-state index in [0.717, 1.165) is 40.3 Å². The molecular formula is C25H27NO3S. The number of carbonyl (C=O) groups excluding carboxylic acids is 1. The Balaban J connectivity index is 1.72. The summed E-state index contributed by atoms with van der Waals surface area (Å²) in [5, 5.41) is 5.26. The molecule has 0 spiro atoms. The SMILES string of the molecule is CCCOc1ccc([C@@H]2CC(=O)Nc3c(-c4ccc(C)cc4)csc32)cc1OCC. The van der Waals surface area contributed by atoms with E-state index in [4.69, 9.17) is 9.47 Å². The summed E-state index contributed by atoms with van der Waals surface area (Å²) in [5.41, 5.74) is 5.45. The number of hydrogen-bond acceptors (Lipinski definition) is 4. The molecule has 0 saturated carbocycles. The fourth-order valence-corrected chi connectivity index (χ4v) is 4.94. The standard InChI is InChI=1S/C25H27NO3S/c1-4-12-29-21-11-10-18(13-22(21)28-5-2)19-14-23(27)26-24-20(15-30-25(19)24)17-8-6-16(3)7-9-17/h6-11,13,15,19H,4-5,12,14H2,1-3H3,(H,26,27)/t19-/m0/s1. The summed E-state index contributed by atoms with van der Waals surface area (Å²) in [6, 6.07) is 14.5. The molecule has 156 valence electrons. The molecule has 1 N–H and O–H groups in total. The molecule has 1 aromatic heterocycles. The van der Waals surface area contributed by atoms with Gasteiger partial charge in [-0.05, 0) is 43.5 Å². The molecule has 1 aliphatic heterocycles. The van der Waals surface area contributed by atoms with Gasteiger partial charge < -0.3 is 14.8 Å². The molecule has 0 aliphatic carbocycles. The van der Waals surface area contributed by atoms with E-state index in [2.05, 4.69) is 54.9 Å². The van der Waals surface area contributed by atoms with Crippen molar-refractivity contribution in [2.75, 3.05) is 18.5 Å². The number of benzene rings is 2. The van der Waals surface area contributed by atoms with Crippen LogP contribution in [0.25, 0.3) is 11.1 Å². The van der Waals surface area contributed by atoms with Crippen LogP contribution in [0.2, 0.25) is 0 Å². The molecule has 0 fully saturated rings. The lowest BCUT2D eigenvalue weighted by Crippen LogP contribution is -2.22. The number of nitrogens with one attached hydrogen (secondary N) is 1. The summed E-state index contributed by atoms with van der Waals surface area (Å²) in [4.78, 5) is 13.8. The average molecular weight is 422 g/mol. The second-order valence-electron chi connectivity index (χ2n) is 7.55. The van der Waals surface area contributed by atoms with Crippen LogP contribution in [0.1, 0.15) is 48.6 Å². The highest BCUT2D eigenvalue weighted by Gasteiger charge is 2.31. The number of thiophene rings is 1. The third-order valence-corrected chi connectivity index (χ3v) is 6.38. The Labute approximate surface area is 181 Å². The van der Waals surface area contributed by atoms with E-state index >= 15 is 0 Å². The van der Waals surface area contributed by atoms with Gasteiger partial charge in [0.2, 0.25) is 5.91 Å². The Morgan fingerprint density at radius 3 is 2.60 bits per heavy atom. The molecule has 0 bridgehead atoms. The summed E-state index contributed by atoms with van der Waals surface area (Å²) in [7, 11) is 0. The average Bonchev–Trinajstić information content (AvgIpc) is 3.16. The maximum absolute atomic E-state index is 12.6. The first-order valence-electron chi connectivity index (χ1n) is 10.5. The van der Waals surface area contributed by atoms with Crippen LogP contribution in [0, 0.1) is 6.92 Å². The molecular weight excluding hydrogens is 394 g/mol. The van der Waals surface area contributed by atoms with Gasteiger partial charge in [0.25, 0.3) is 0 Å². The van der Waals surface area contributed by atoms with Gasteiger partial charge in [0.1, 0.15) is 0 Å². The number of carbonyl (C=O) groups is 1. The van der Waals surface area contributed by atoms with Gasteiger partial charge in [-0.3, -0.25) is 4.79 Å². The predicted molar refractivity (Wildman–Crippen MR) is 123 cm³/mol. The first-order chi connectivity index (χ1) is 14.6. The zero-order valence-corrected chi connectivity index (χ0v) is 18.5. The third kappa shape index (κ3) is 4.08. The van der Waals surface area contributed by atoms with Gasteiger partial charge in [-0.2, -0.15) is 0 Å². The van der Waals surface area contributed by atoms with Crippen molar-refractivity contribution in [2.45, 2.75) is 39.5 Å². The van der Waals surface area contributed by atoms with E-state index in [9.17, 15) is 4.79 Å². The van der Waals surface area contributed by atoms with Gasteiger partial charge in [-0.15, -0.1) is 11.3 Å². The molecule has 2 aromatic carbocycles. The summed E-state index contributed by atoms with van der Waals surface area (Å²) in [5.74, 6) is 1.56. The van der Waals surface area contributed by atoms with Crippen molar-refractivity contribution in [3.05, 3.63) is 63.8 Å². The molecule has 4 nitrogen and oxygen atoms in total. The van der Waals surface area contributed by atoms with E-state index in [0.29, 0.717) is 19.6 Å². The highest BCUT2D eigenvalue weighted by molar-refractivity contribution is 7.11. The first-order valence-corrected chi connectivity index (χ1v) is 11.4. The van der Waals surface area contributed by atoms with E-state index in [1.165, 1.54) is 10.4 Å². The number of ether oxygens (including phenoxy) is 2. The molecule has 2 heterocycles. The Morgan fingerprint density at radius 2 is 1.87 bits per heavy atom. The maximum Gasteiger partial charge on any atom is 0.225 e. The molecule has 1 aliphatic rings. The van der Waals surface area contributed by atoms with Crippen LogP contribution >= 0.6 is 11.3 Å². The lowest BCUT2D eigenvalue weighted by Gasteiger charge is -2.25. The van der Waals surface area contributed by atoms with E-state index < -0.39 is 0 Å². The third-order valence-electron chi connectivity index (χ3n) is 5.28. The minimum atomic E-state index is 0.0115. The van der Waals surface area contributed by atoms with Crippen LogP contribution in [0.4, 0.5) is 5.69 Å². The monoisotopic (exact) mass is 421 g/mol. The Morgan fingerprint density at radius 1 is 1.07 bits per heavy atom. The van der Waals surface area contributed by atoms with Crippen molar-refractivity contribution in [1.82, 2.24) is 0 Å². The van der Waals surface area contributed by atoms with E-state index in [1.807, 2.05) is 19.1 Å². The van der Waals surface area contributed by atoms with Gasteiger partial charge in [-0.25, -0.2) is 0 Å². The Hall–Kier alpha value is -2.79. The second-order valence-corrected chi connectivity index (χ2v) is 8.46. The van der Waals surface area contributed by atoms with Gasteiger partial charge in [0.15, 0.2) is 11.5 Å². The number of amides is 1. The summed E-state index contributed by atoms with van der Waals surface area (Å²) < 4.78 is 11.7. The number of rotatable bonds is 7. The smallest absolute Gasteiger partial charge is 0.225 e. The molecule has 0 radical (unpaired) electrons. The molecule has 30 heavy (non-hydrogen) atoms. The molecule has 5 heteroatoms. The highest BCUT2D eigenvalue weighted by Crippen LogP contribution is 2.47. The van der Waals surface area contributed by atoms with E-state index in [-0.39, 0.29) is 11.8 Å². The van der Waals surface area contributed by atoms with Crippen molar-refractivity contribution in [2.24, 2.45) is 0 Å². The number of aryl methyl sites for hydroxylation is 1. The molecule has 1 amide bonds. The zero-order chi connectivity index (χ0) is 21.1. The van der Waals surface area contributed by atoms with Crippen molar-refractivity contribution in [3.63, 3.8) is 0 Å².